The molecule has 1 aromatic carbocycles. The Morgan fingerprint density at radius 2 is 2.00 bits per heavy atom. The number of aryl methyl sites for hydroxylation is 1. The molecule has 1 aliphatic carbocycles. The molecule has 1 saturated heterocycles. The molecule has 1 aliphatic heterocycles. The largest absolute Gasteiger partial charge is 0.416 e. The molecule has 2 fully saturated rings. The van der Waals surface area contributed by atoms with Crippen LogP contribution in [0.15, 0.2) is 30.3 Å². The minimum atomic E-state index is -4.50. The van der Waals surface area contributed by atoms with Gasteiger partial charge in [0.2, 0.25) is 5.91 Å². The van der Waals surface area contributed by atoms with Crippen LogP contribution in [-0.2, 0) is 11.0 Å². The molecule has 1 N–H and O–H groups in total. The van der Waals surface area contributed by atoms with Crippen molar-refractivity contribution >= 4 is 29.0 Å². The first kappa shape index (κ1) is 19.9. The number of nitrogens with zero attached hydrogens (tertiary/aromatic N) is 2. The van der Waals surface area contributed by atoms with Crippen molar-refractivity contribution in [1.82, 2.24) is 4.98 Å². The van der Waals surface area contributed by atoms with Crippen LogP contribution in [0.25, 0.3) is 0 Å². The van der Waals surface area contributed by atoms with E-state index in [1.165, 1.54) is 19.1 Å². The standard InChI is InChI=1S/C20H18ClF4N3O/c1-10-6-12(20(23,24)25)8-17(26-10)28-14-4-2-11(7-14)18(28)19(29)27-13-3-5-16(22)15(21)9-13/h3,5-6,8-9,11,14,18H,2,4,7H2,1H3,(H,27,29). The maximum Gasteiger partial charge on any atom is 0.416 e. The van der Waals surface area contributed by atoms with Gasteiger partial charge in [0.1, 0.15) is 17.7 Å². The van der Waals surface area contributed by atoms with Crippen LogP contribution in [-0.4, -0.2) is 23.0 Å². The third-order valence-electron chi connectivity index (χ3n) is 5.57. The molecule has 154 valence electrons. The first-order chi connectivity index (χ1) is 13.6. The van der Waals surface area contributed by atoms with Crippen molar-refractivity contribution in [2.45, 2.75) is 44.4 Å². The zero-order valence-electron chi connectivity index (χ0n) is 15.4. The summed E-state index contributed by atoms with van der Waals surface area (Å²) in [6.45, 7) is 1.50. The SMILES string of the molecule is Cc1cc(C(F)(F)F)cc(N2C3CCC(C3)C2C(=O)Nc2ccc(F)c(Cl)c2)n1. The average Bonchev–Trinajstić information content (AvgIpc) is 3.25. The highest BCUT2D eigenvalue weighted by molar-refractivity contribution is 6.31. The molecule has 1 aromatic heterocycles. The van der Waals surface area contributed by atoms with E-state index in [2.05, 4.69) is 10.3 Å². The summed E-state index contributed by atoms with van der Waals surface area (Å²) >= 11 is 5.77. The van der Waals surface area contributed by atoms with Crippen molar-refractivity contribution in [2.24, 2.45) is 5.92 Å². The Morgan fingerprint density at radius 3 is 2.69 bits per heavy atom. The Bertz CT molecular complexity index is 965. The highest BCUT2D eigenvalue weighted by Gasteiger charge is 2.50. The molecule has 2 aliphatic rings. The van der Waals surface area contributed by atoms with Crippen LogP contribution in [0.1, 0.15) is 30.5 Å². The molecule has 2 bridgehead atoms. The van der Waals surface area contributed by atoms with Crippen molar-refractivity contribution in [3.8, 4) is 0 Å². The predicted molar refractivity (Wildman–Crippen MR) is 101 cm³/mol. The van der Waals surface area contributed by atoms with Crippen LogP contribution < -0.4 is 10.2 Å². The molecule has 2 heterocycles. The van der Waals surface area contributed by atoms with E-state index in [0.717, 1.165) is 37.5 Å². The van der Waals surface area contributed by atoms with E-state index in [1.807, 2.05) is 0 Å². The second-order valence-corrected chi connectivity index (χ2v) is 7.96. The van der Waals surface area contributed by atoms with Gasteiger partial charge in [0.25, 0.3) is 0 Å². The molecular weight excluding hydrogens is 410 g/mol. The third-order valence-corrected chi connectivity index (χ3v) is 5.86. The van der Waals surface area contributed by atoms with Crippen molar-refractivity contribution < 1.29 is 22.4 Å². The Balaban J connectivity index is 1.65. The van der Waals surface area contributed by atoms with E-state index in [1.54, 1.807) is 4.90 Å². The maximum absolute atomic E-state index is 13.4. The molecule has 1 amide bonds. The lowest BCUT2D eigenvalue weighted by atomic mass is 9.97. The number of hydrogen-bond acceptors (Lipinski definition) is 3. The summed E-state index contributed by atoms with van der Waals surface area (Å²) < 4.78 is 53.2. The fraction of sp³-hybridized carbons (Fsp3) is 0.400. The number of fused-ring (bicyclic) bond motifs is 2. The van der Waals surface area contributed by atoms with Crippen molar-refractivity contribution in [2.75, 3.05) is 10.2 Å². The Kier molecular flexibility index (Phi) is 4.93. The molecular formula is C20H18ClF4N3O. The van der Waals surface area contributed by atoms with Gasteiger partial charge in [-0.1, -0.05) is 11.6 Å². The van der Waals surface area contributed by atoms with Gasteiger partial charge >= 0.3 is 6.18 Å². The molecule has 2 aromatic rings. The minimum absolute atomic E-state index is 0.0209. The zero-order valence-corrected chi connectivity index (χ0v) is 16.2. The van der Waals surface area contributed by atoms with E-state index in [9.17, 15) is 22.4 Å². The summed E-state index contributed by atoms with van der Waals surface area (Å²) in [5, 5.41) is 2.59. The lowest BCUT2D eigenvalue weighted by molar-refractivity contribution is -0.137. The number of amides is 1. The molecule has 9 heteroatoms. The van der Waals surface area contributed by atoms with Gasteiger partial charge in [-0.25, -0.2) is 9.37 Å². The number of aromatic nitrogens is 1. The molecule has 0 spiro atoms. The van der Waals surface area contributed by atoms with Crippen LogP contribution in [0.4, 0.5) is 29.1 Å². The summed E-state index contributed by atoms with van der Waals surface area (Å²) in [4.78, 5) is 19.0. The monoisotopic (exact) mass is 427 g/mol. The van der Waals surface area contributed by atoms with Crippen LogP contribution in [0.2, 0.25) is 5.02 Å². The number of piperidine rings is 1. The lowest BCUT2D eigenvalue weighted by Crippen LogP contribution is -2.48. The number of benzene rings is 1. The average molecular weight is 428 g/mol. The van der Waals surface area contributed by atoms with E-state index in [4.69, 9.17) is 11.6 Å². The first-order valence-electron chi connectivity index (χ1n) is 9.23. The highest BCUT2D eigenvalue weighted by atomic mass is 35.5. The van der Waals surface area contributed by atoms with Crippen LogP contribution in [0.5, 0.6) is 0 Å². The van der Waals surface area contributed by atoms with Gasteiger partial charge in [-0.2, -0.15) is 13.2 Å². The molecule has 3 unspecified atom stereocenters. The van der Waals surface area contributed by atoms with E-state index in [0.29, 0.717) is 5.69 Å². The summed E-state index contributed by atoms with van der Waals surface area (Å²) in [6.07, 6.45) is -2.15. The fourth-order valence-corrected chi connectivity index (χ4v) is 4.57. The van der Waals surface area contributed by atoms with Crippen LogP contribution in [0.3, 0.4) is 0 Å². The number of nitrogens with one attached hydrogen (secondary N) is 1. The third kappa shape index (κ3) is 3.77. The van der Waals surface area contributed by atoms with Gasteiger partial charge < -0.3 is 10.2 Å². The topological polar surface area (TPSA) is 45.2 Å². The second kappa shape index (κ2) is 7.16. The molecule has 4 rings (SSSR count). The summed E-state index contributed by atoms with van der Waals surface area (Å²) in [6, 6.07) is 5.16. The molecule has 4 nitrogen and oxygen atoms in total. The smallest absolute Gasteiger partial charge is 0.341 e. The van der Waals surface area contributed by atoms with Gasteiger partial charge in [0.15, 0.2) is 0 Å². The molecule has 0 radical (unpaired) electrons. The van der Waals surface area contributed by atoms with Gasteiger partial charge in [-0.15, -0.1) is 0 Å². The Labute approximate surface area is 169 Å². The predicted octanol–water partition coefficient (Wildman–Crippen LogP) is 5.20. The zero-order chi connectivity index (χ0) is 20.9. The number of hydrogen-bond donors (Lipinski definition) is 1. The normalized spacial score (nSPS) is 23.5. The quantitative estimate of drug-likeness (QED) is 0.685. The second-order valence-electron chi connectivity index (χ2n) is 7.55. The Hall–Kier alpha value is -2.35. The minimum Gasteiger partial charge on any atom is -0.341 e. The molecule has 1 saturated carbocycles. The number of carbonyl (C=O) groups is 1. The van der Waals surface area contributed by atoms with Crippen molar-refractivity contribution in [3.63, 3.8) is 0 Å². The van der Waals surface area contributed by atoms with E-state index >= 15 is 0 Å². The lowest BCUT2D eigenvalue weighted by Gasteiger charge is -2.35. The summed E-state index contributed by atoms with van der Waals surface area (Å²) in [5.74, 6) is -0.791. The summed E-state index contributed by atoms with van der Waals surface area (Å²) in [7, 11) is 0. The summed E-state index contributed by atoms with van der Waals surface area (Å²) in [5.41, 5.74) is -0.216. The van der Waals surface area contributed by atoms with Crippen LogP contribution in [0, 0.1) is 18.7 Å². The van der Waals surface area contributed by atoms with Crippen LogP contribution >= 0.6 is 11.6 Å². The fourth-order valence-electron chi connectivity index (χ4n) is 4.39. The Morgan fingerprint density at radius 1 is 1.24 bits per heavy atom. The van der Waals surface area contributed by atoms with E-state index < -0.39 is 23.6 Å². The highest BCUT2D eigenvalue weighted by Crippen LogP contribution is 2.45. The number of rotatable bonds is 3. The van der Waals surface area contributed by atoms with Crippen molar-refractivity contribution in [1.29, 1.82) is 0 Å². The molecule has 29 heavy (non-hydrogen) atoms. The van der Waals surface area contributed by atoms with Gasteiger partial charge in [-0.05, 0) is 62.4 Å². The number of anilines is 2. The molecule has 3 atom stereocenters. The maximum atomic E-state index is 13.4. The first-order valence-corrected chi connectivity index (χ1v) is 9.61. The van der Waals surface area contributed by atoms with Gasteiger partial charge in [0, 0.05) is 17.4 Å². The van der Waals surface area contributed by atoms with Crippen molar-refractivity contribution in [3.05, 3.63) is 52.4 Å². The van der Waals surface area contributed by atoms with Gasteiger partial charge in [0.05, 0.1) is 10.6 Å². The van der Waals surface area contributed by atoms with Gasteiger partial charge in [-0.3, -0.25) is 4.79 Å². The number of alkyl halides is 3. The number of carbonyl (C=O) groups excluding carboxylic acids is 1. The van der Waals surface area contributed by atoms with E-state index in [-0.39, 0.29) is 34.4 Å². The number of pyridine rings is 1. The number of halogens is 5.